The van der Waals surface area contributed by atoms with Crippen LogP contribution in [-0.2, 0) is 0 Å². The summed E-state index contributed by atoms with van der Waals surface area (Å²) in [6, 6.07) is 38.1. The van der Waals surface area contributed by atoms with Crippen LogP contribution < -0.4 is 15.6 Å². The Morgan fingerprint density at radius 2 is 1.00 bits per heavy atom. The highest BCUT2D eigenvalue weighted by Gasteiger charge is 2.42. The summed E-state index contributed by atoms with van der Waals surface area (Å²) in [5, 5.41) is 7.09. The maximum Gasteiger partial charge on any atom is 0.150 e. The highest BCUT2D eigenvalue weighted by Crippen LogP contribution is 2.23. The van der Waals surface area contributed by atoms with Gasteiger partial charge in [-0.2, -0.15) is 0 Å². The third-order valence-corrected chi connectivity index (χ3v) is 11.0. The monoisotopic (exact) mass is 352 g/mol. The van der Waals surface area contributed by atoms with Crippen molar-refractivity contribution < 1.29 is 0 Å². The summed E-state index contributed by atoms with van der Waals surface area (Å²) in [4.78, 5) is 0. The number of benzene rings is 4. The molecule has 0 bridgehead atoms. The van der Waals surface area contributed by atoms with E-state index >= 15 is 0 Å². The minimum absolute atomic E-state index is 0.550. The molecule has 0 amide bonds. The van der Waals surface area contributed by atoms with E-state index in [-0.39, 0.29) is 0 Å². The Balaban J connectivity index is 2.06. The molecule has 0 aromatic heterocycles. The lowest BCUT2D eigenvalue weighted by atomic mass is 10.1. The van der Waals surface area contributed by atoms with Crippen molar-refractivity contribution >= 4 is 34.4 Å². The Labute approximate surface area is 157 Å². The van der Waals surface area contributed by atoms with Crippen molar-refractivity contribution in [1.29, 1.82) is 0 Å². The van der Waals surface area contributed by atoms with Gasteiger partial charge in [0, 0.05) is 0 Å². The molecule has 0 saturated carbocycles. The Morgan fingerprint density at radius 1 is 0.500 bits per heavy atom. The molecule has 0 N–H and O–H groups in total. The molecule has 1 heteroatoms. The topological polar surface area (TPSA) is 0 Å². The van der Waals surface area contributed by atoms with Crippen LogP contribution in [-0.4, -0.2) is 8.07 Å². The van der Waals surface area contributed by atoms with E-state index in [1.165, 1.54) is 26.3 Å². The summed E-state index contributed by atoms with van der Waals surface area (Å²) in [5.74, 6) is 0. The Bertz CT molecular complexity index is 964. The van der Waals surface area contributed by atoms with Crippen LogP contribution >= 0.6 is 0 Å². The van der Waals surface area contributed by atoms with Crippen LogP contribution in [0.15, 0.2) is 103 Å². The molecule has 0 aliphatic heterocycles. The maximum absolute atomic E-state index is 2.43. The zero-order chi connectivity index (χ0) is 18.0. The van der Waals surface area contributed by atoms with Gasteiger partial charge in [0.15, 0.2) is 8.07 Å². The van der Waals surface area contributed by atoms with Crippen molar-refractivity contribution in [3.8, 4) is 0 Å². The van der Waals surface area contributed by atoms with Crippen LogP contribution in [0.4, 0.5) is 0 Å². The highest BCUT2D eigenvalue weighted by molar-refractivity contribution is 7.12. The molecular weight excluding hydrogens is 328 g/mol. The first kappa shape index (κ1) is 16.8. The van der Waals surface area contributed by atoms with Crippen LogP contribution in [0, 0.1) is 0 Å². The molecular formula is C25H24Si. The maximum atomic E-state index is 2.43. The van der Waals surface area contributed by atoms with Crippen LogP contribution in [0.2, 0.25) is 5.54 Å². The molecule has 0 unspecified atom stereocenters. The van der Waals surface area contributed by atoms with Crippen molar-refractivity contribution in [3.05, 3.63) is 103 Å². The van der Waals surface area contributed by atoms with Gasteiger partial charge in [-0.3, -0.25) is 0 Å². The molecule has 0 nitrogen and oxygen atoms in total. The minimum Gasteiger partial charge on any atom is -0.0642 e. The van der Waals surface area contributed by atoms with Gasteiger partial charge in [-0.05, 0) is 31.9 Å². The zero-order valence-electron chi connectivity index (χ0n) is 15.4. The van der Waals surface area contributed by atoms with E-state index < -0.39 is 8.07 Å². The third kappa shape index (κ3) is 2.69. The summed E-state index contributed by atoms with van der Waals surface area (Å²) in [6.07, 6.45) is 0. The lowest BCUT2D eigenvalue weighted by Crippen LogP contribution is -2.69. The van der Waals surface area contributed by atoms with Crippen LogP contribution in [0.25, 0.3) is 10.8 Å². The first-order chi connectivity index (χ1) is 12.7. The minimum atomic E-state index is -2.12. The summed E-state index contributed by atoms with van der Waals surface area (Å²) in [5.41, 5.74) is 0.550. The van der Waals surface area contributed by atoms with Gasteiger partial charge >= 0.3 is 0 Å². The van der Waals surface area contributed by atoms with Gasteiger partial charge in [0.25, 0.3) is 0 Å². The van der Waals surface area contributed by atoms with Crippen molar-refractivity contribution in [2.24, 2.45) is 0 Å². The average Bonchev–Trinajstić information content (AvgIpc) is 2.70. The van der Waals surface area contributed by atoms with Gasteiger partial charge in [-0.1, -0.05) is 117 Å². The van der Waals surface area contributed by atoms with Crippen LogP contribution in [0.3, 0.4) is 0 Å². The molecule has 0 spiro atoms. The fourth-order valence-corrected chi connectivity index (χ4v) is 9.50. The van der Waals surface area contributed by atoms with E-state index in [1.54, 1.807) is 0 Å². The fraction of sp³-hybridized carbons (Fsp3) is 0.120. The van der Waals surface area contributed by atoms with Crippen molar-refractivity contribution in [2.75, 3.05) is 0 Å². The second kappa shape index (κ2) is 6.93. The molecule has 0 saturated heterocycles. The van der Waals surface area contributed by atoms with Gasteiger partial charge in [0.1, 0.15) is 0 Å². The molecule has 0 radical (unpaired) electrons. The molecule has 0 fully saturated rings. The number of hydrogen-bond acceptors (Lipinski definition) is 0. The molecule has 0 atom stereocenters. The molecule has 0 aliphatic rings. The molecule has 0 aliphatic carbocycles. The molecule has 0 heterocycles. The molecule has 128 valence electrons. The quantitative estimate of drug-likeness (QED) is 0.368. The van der Waals surface area contributed by atoms with Gasteiger partial charge < -0.3 is 0 Å². The van der Waals surface area contributed by atoms with Gasteiger partial charge in [0.05, 0.1) is 0 Å². The van der Waals surface area contributed by atoms with Gasteiger partial charge in [-0.25, -0.2) is 0 Å². The standard InChI is InChI=1S/C25H24Si/c1-20(2)26(23-13-5-3-6-14-23,24-15-7-4-8-16-24)25-18-17-21-11-9-10-12-22(21)19-25/h3-20H,1-2H3. The summed E-state index contributed by atoms with van der Waals surface area (Å²) >= 11 is 0. The molecule has 4 aromatic carbocycles. The summed E-state index contributed by atoms with van der Waals surface area (Å²) < 4.78 is 0. The van der Waals surface area contributed by atoms with Gasteiger partial charge in [0.2, 0.25) is 0 Å². The summed E-state index contributed by atoms with van der Waals surface area (Å²) in [7, 11) is -2.12. The predicted molar refractivity (Wildman–Crippen MR) is 117 cm³/mol. The number of rotatable bonds is 4. The summed E-state index contributed by atoms with van der Waals surface area (Å²) in [6.45, 7) is 4.78. The normalized spacial score (nSPS) is 11.8. The zero-order valence-corrected chi connectivity index (χ0v) is 16.4. The van der Waals surface area contributed by atoms with E-state index in [0.29, 0.717) is 5.54 Å². The fourth-order valence-electron chi connectivity index (χ4n) is 4.34. The lowest BCUT2D eigenvalue weighted by Gasteiger charge is -2.37. The second-order valence-corrected chi connectivity index (χ2v) is 11.8. The Hall–Kier alpha value is -2.64. The van der Waals surface area contributed by atoms with E-state index in [4.69, 9.17) is 0 Å². The predicted octanol–water partition coefficient (Wildman–Crippen LogP) is 4.72. The van der Waals surface area contributed by atoms with Crippen LogP contribution in [0.5, 0.6) is 0 Å². The first-order valence-electron chi connectivity index (χ1n) is 9.33. The van der Waals surface area contributed by atoms with Gasteiger partial charge in [-0.15, -0.1) is 0 Å². The van der Waals surface area contributed by atoms with Crippen molar-refractivity contribution in [1.82, 2.24) is 0 Å². The van der Waals surface area contributed by atoms with Crippen molar-refractivity contribution in [3.63, 3.8) is 0 Å². The number of hydrogen-bond donors (Lipinski definition) is 0. The Kier molecular flexibility index (Phi) is 4.48. The third-order valence-electron chi connectivity index (χ3n) is 5.53. The molecule has 4 aromatic rings. The highest BCUT2D eigenvalue weighted by atomic mass is 28.3. The number of fused-ring (bicyclic) bond motifs is 1. The van der Waals surface area contributed by atoms with Crippen molar-refractivity contribution in [2.45, 2.75) is 19.4 Å². The van der Waals surface area contributed by atoms with Crippen LogP contribution in [0.1, 0.15) is 13.8 Å². The van der Waals surface area contributed by atoms with E-state index in [2.05, 4.69) is 117 Å². The SMILES string of the molecule is CC(C)[Si](c1ccccc1)(c1ccccc1)c1ccc2ccccc2c1. The smallest absolute Gasteiger partial charge is 0.0642 e. The average molecular weight is 353 g/mol. The first-order valence-corrected chi connectivity index (χ1v) is 11.4. The van der Waals surface area contributed by atoms with E-state index in [1.807, 2.05) is 0 Å². The molecule has 26 heavy (non-hydrogen) atoms. The largest absolute Gasteiger partial charge is 0.150 e. The second-order valence-electron chi connectivity index (χ2n) is 7.26. The van der Waals surface area contributed by atoms with E-state index in [0.717, 1.165) is 0 Å². The molecule has 4 rings (SSSR count). The van der Waals surface area contributed by atoms with E-state index in [9.17, 15) is 0 Å². The Morgan fingerprint density at radius 3 is 1.54 bits per heavy atom. The lowest BCUT2D eigenvalue weighted by molar-refractivity contribution is 1.04.